The highest BCUT2D eigenvalue weighted by atomic mass is 32.2. The average molecular weight is 394 g/mol. The van der Waals surface area contributed by atoms with Crippen molar-refractivity contribution in [2.75, 3.05) is 44.6 Å². The van der Waals surface area contributed by atoms with Crippen LogP contribution in [-0.2, 0) is 10.0 Å². The maximum absolute atomic E-state index is 13.0. The van der Waals surface area contributed by atoms with Crippen LogP contribution in [0.2, 0.25) is 0 Å². The molecule has 1 saturated heterocycles. The van der Waals surface area contributed by atoms with Crippen molar-refractivity contribution in [3.8, 4) is 0 Å². The van der Waals surface area contributed by atoms with Crippen LogP contribution in [0.5, 0.6) is 0 Å². The third-order valence-corrected chi connectivity index (χ3v) is 7.06. The van der Waals surface area contributed by atoms with Gasteiger partial charge in [-0.15, -0.1) is 0 Å². The first kappa shape index (κ1) is 19.8. The van der Waals surface area contributed by atoms with Crippen LogP contribution < -0.4 is 5.32 Å². The molecule has 9 heteroatoms. The van der Waals surface area contributed by atoms with Gasteiger partial charge < -0.3 is 5.32 Å². The molecular formula is C18H26N4O4S. The Morgan fingerprint density at radius 1 is 1.22 bits per heavy atom. The molecule has 0 aliphatic carbocycles. The molecule has 0 unspecified atom stereocenters. The van der Waals surface area contributed by atoms with Gasteiger partial charge in [-0.25, -0.2) is 8.42 Å². The number of nitrogens with zero attached hydrogens (tertiary/aromatic N) is 3. The fourth-order valence-corrected chi connectivity index (χ4v) is 5.12. The lowest BCUT2D eigenvalue weighted by Crippen LogP contribution is -2.33. The first-order chi connectivity index (χ1) is 12.9. The van der Waals surface area contributed by atoms with Crippen LogP contribution in [-0.4, -0.2) is 61.8 Å². The molecule has 1 fully saturated rings. The summed E-state index contributed by atoms with van der Waals surface area (Å²) in [5.41, 5.74) is 1.61. The van der Waals surface area contributed by atoms with Crippen molar-refractivity contribution in [3.63, 3.8) is 0 Å². The van der Waals surface area contributed by atoms with Gasteiger partial charge in [0.1, 0.15) is 4.90 Å². The second-order valence-corrected chi connectivity index (χ2v) is 8.98. The van der Waals surface area contributed by atoms with Gasteiger partial charge in [0.2, 0.25) is 10.0 Å². The fourth-order valence-electron chi connectivity index (χ4n) is 3.42. The van der Waals surface area contributed by atoms with Crippen molar-refractivity contribution in [2.45, 2.75) is 31.1 Å². The van der Waals surface area contributed by atoms with E-state index in [1.807, 2.05) is 0 Å². The summed E-state index contributed by atoms with van der Waals surface area (Å²) in [4.78, 5) is 12.8. The van der Waals surface area contributed by atoms with E-state index in [0.29, 0.717) is 25.3 Å². The van der Waals surface area contributed by atoms with E-state index in [2.05, 4.69) is 23.2 Å². The SMILES string of the molecule is CC1=CCN(CCNc2ccc([N+](=O)[O-])cc2S(=O)(=O)N2CCCC2)CC1. The lowest BCUT2D eigenvalue weighted by Gasteiger charge is -2.25. The fraction of sp³-hybridized carbons (Fsp3) is 0.556. The molecule has 27 heavy (non-hydrogen) atoms. The minimum atomic E-state index is -3.74. The molecule has 0 spiro atoms. The highest BCUT2D eigenvalue weighted by Gasteiger charge is 2.31. The van der Waals surface area contributed by atoms with Crippen LogP contribution in [0.1, 0.15) is 26.2 Å². The average Bonchev–Trinajstić information content (AvgIpc) is 3.19. The largest absolute Gasteiger partial charge is 0.383 e. The van der Waals surface area contributed by atoms with E-state index < -0.39 is 14.9 Å². The molecule has 2 heterocycles. The summed E-state index contributed by atoms with van der Waals surface area (Å²) in [6.45, 7) is 6.29. The first-order valence-electron chi connectivity index (χ1n) is 9.28. The van der Waals surface area contributed by atoms with Gasteiger partial charge in [0, 0.05) is 51.4 Å². The van der Waals surface area contributed by atoms with Crippen LogP contribution >= 0.6 is 0 Å². The van der Waals surface area contributed by atoms with Crippen LogP contribution in [0.4, 0.5) is 11.4 Å². The summed E-state index contributed by atoms with van der Waals surface area (Å²) >= 11 is 0. The molecule has 2 aliphatic rings. The summed E-state index contributed by atoms with van der Waals surface area (Å²) in [7, 11) is -3.74. The number of rotatable bonds is 7. The van der Waals surface area contributed by atoms with Gasteiger partial charge >= 0.3 is 0 Å². The highest BCUT2D eigenvalue weighted by Crippen LogP contribution is 2.30. The van der Waals surface area contributed by atoms with E-state index in [0.717, 1.165) is 38.9 Å². The van der Waals surface area contributed by atoms with E-state index >= 15 is 0 Å². The number of hydrogen-bond acceptors (Lipinski definition) is 6. The van der Waals surface area contributed by atoms with Gasteiger partial charge in [-0.05, 0) is 32.3 Å². The number of anilines is 1. The lowest BCUT2D eigenvalue weighted by atomic mass is 10.1. The van der Waals surface area contributed by atoms with E-state index in [4.69, 9.17) is 0 Å². The third-order valence-electron chi connectivity index (χ3n) is 5.12. The Hall–Kier alpha value is -1.97. The molecule has 0 amide bonds. The maximum atomic E-state index is 13.0. The number of benzene rings is 1. The predicted molar refractivity (Wildman–Crippen MR) is 104 cm³/mol. The van der Waals surface area contributed by atoms with E-state index in [9.17, 15) is 18.5 Å². The Balaban J connectivity index is 1.76. The topological polar surface area (TPSA) is 95.8 Å². The molecule has 0 bridgehead atoms. The van der Waals surface area contributed by atoms with Crippen molar-refractivity contribution in [3.05, 3.63) is 40.0 Å². The first-order valence-corrected chi connectivity index (χ1v) is 10.7. The zero-order chi connectivity index (χ0) is 19.4. The zero-order valence-electron chi connectivity index (χ0n) is 15.6. The number of non-ortho nitro benzene ring substituents is 1. The molecule has 148 valence electrons. The summed E-state index contributed by atoms with van der Waals surface area (Å²) in [6, 6.07) is 4.02. The van der Waals surface area contributed by atoms with Crippen molar-refractivity contribution in [1.82, 2.24) is 9.21 Å². The molecule has 8 nitrogen and oxygen atoms in total. The number of nitro benzene ring substituents is 1. The smallest absolute Gasteiger partial charge is 0.270 e. The summed E-state index contributed by atoms with van der Waals surface area (Å²) < 4.78 is 27.4. The van der Waals surface area contributed by atoms with Crippen LogP contribution in [0.3, 0.4) is 0 Å². The zero-order valence-corrected chi connectivity index (χ0v) is 16.4. The maximum Gasteiger partial charge on any atom is 0.270 e. The van der Waals surface area contributed by atoms with Gasteiger partial charge in [0.05, 0.1) is 10.6 Å². The monoisotopic (exact) mass is 394 g/mol. The van der Waals surface area contributed by atoms with Crippen LogP contribution in [0, 0.1) is 10.1 Å². The van der Waals surface area contributed by atoms with Gasteiger partial charge in [-0.2, -0.15) is 4.31 Å². The van der Waals surface area contributed by atoms with E-state index in [1.165, 1.54) is 28.1 Å². The minimum Gasteiger partial charge on any atom is -0.383 e. The summed E-state index contributed by atoms with van der Waals surface area (Å²) in [6.07, 6.45) is 4.89. The summed E-state index contributed by atoms with van der Waals surface area (Å²) in [5.74, 6) is 0. The molecular weight excluding hydrogens is 368 g/mol. The highest BCUT2D eigenvalue weighted by molar-refractivity contribution is 7.89. The normalized spacial score (nSPS) is 19.1. The number of sulfonamides is 1. The van der Waals surface area contributed by atoms with Gasteiger partial charge in [0.25, 0.3) is 5.69 Å². The third kappa shape index (κ3) is 4.66. The van der Waals surface area contributed by atoms with Crippen molar-refractivity contribution < 1.29 is 13.3 Å². The molecule has 0 aromatic heterocycles. The molecule has 2 aliphatic heterocycles. The Morgan fingerprint density at radius 2 is 1.96 bits per heavy atom. The number of hydrogen-bond donors (Lipinski definition) is 1. The molecule has 0 atom stereocenters. The van der Waals surface area contributed by atoms with Crippen molar-refractivity contribution in [1.29, 1.82) is 0 Å². The van der Waals surface area contributed by atoms with Gasteiger partial charge in [0.15, 0.2) is 0 Å². The van der Waals surface area contributed by atoms with Gasteiger partial charge in [-0.1, -0.05) is 11.6 Å². The number of nitro groups is 1. The molecule has 0 saturated carbocycles. The summed E-state index contributed by atoms with van der Waals surface area (Å²) in [5, 5.41) is 14.3. The second kappa shape index (κ2) is 8.37. The Kier molecular flexibility index (Phi) is 6.13. The Morgan fingerprint density at radius 3 is 2.59 bits per heavy atom. The molecule has 1 aromatic carbocycles. The Bertz CT molecular complexity index is 832. The van der Waals surface area contributed by atoms with E-state index in [1.54, 1.807) is 0 Å². The molecule has 1 N–H and O–H groups in total. The molecule has 0 radical (unpaired) electrons. The van der Waals surface area contributed by atoms with Crippen LogP contribution in [0.15, 0.2) is 34.7 Å². The van der Waals surface area contributed by atoms with E-state index in [-0.39, 0.29) is 10.6 Å². The number of nitrogens with one attached hydrogen (secondary N) is 1. The molecule has 3 rings (SSSR count). The lowest BCUT2D eigenvalue weighted by molar-refractivity contribution is -0.385. The predicted octanol–water partition coefficient (Wildman–Crippen LogP) is 2.44. The van der Waals surface area contributed by atoms with Crippen molar-refractivity contribution >= 4 is 21.4 Å². The van der Waals surface area contributed by atoms with Crippen molar-refractivity contribution in [2.24, 2.45) is 0 Å². The minimum absolute atomic E-state index is 0.00650. The van der Waals surface area contributed by atoms with Crippen LogP contribution in [0.25, 0.3) is 0 Å². The second-order valence-electron chi connectivity index (χ2n) is 7.08. The van der Waals surface area contributed by atoms with Gasteiger partial charge in [-0.3, -0.25) is 15.0 Å². The standard InChI is InChI=1S/C18H26N4O4S/c1-15-6-11-20(12-7-15)13-8-19-17-5-4-16(22(23)24)14-18(17)27(25,26)21-9-2-3-10-21/h4-6,14,19H,2-3,7-13H2,1H3. The Labute approximate surface area is 160 Å². The quantitative estimate of drug-likeness (QED) is 0.434. The molecule has 1 aromatic rings.